The second-order valence-corrected chi connectivity index (χ2v) is 6.66. The third-order valence-corrected chi connectivity index (χ3v) is 4.55. The summed E-state index contributed by atoms with van der Waals surface area (Å²) in [4.78, 5) is 37.9. The van der Waals surface area contributed by atoms with E-state index in [1.165, 1.54) is 12.4 Å². The minimum Gasteiger partial charge on any atom is -0.378 e. The van der Waals surface area contributed by atoms with E-state index in [1.807, 2.05) is 43.3 Å². The molecule has 1 aliphatic rings. The van der Waals surface area contributed by atoms with Gasteiger partial charge in [-0.1, -0.05) is 0 Å². The van der Waals surface area contributed by atoms with Crippen LogP contribution in [0.4, 0.5) is 17.3 Å². The maximum Gasteiger partial charge on any atom is 0.257 e. The molecule has 142 valence electrons. The van der Waals surface area contributed by atoms with Crippen molar-refractivity contribution in [3.8, 4) is 0 Å². The monoisotopic (exact) mass is 368 g/mol. The van der Waals surface area contributed by atoms with Crippen molar-refractivity contribution in [2.75, 3.05) is 50.5 Å². The minimum atomic E-state index is -0.111. The van der Waals surface area contributed by atoms with E-state index in [1.54, 1.807) is 16.7 Å². The van der Waals surface area contributed by atoms with Gasteiger partial charge in [0.1, 0.15) is 0 Å². The van der Waals surface area contributed by atoms with Crippen molar-refractivity contribution >= 4 is 29.1 Å². The average Bonchev–Trinajstić information content (AvgIpc) is 2.68. The quantitative estimate of drug-likeness (QED) is 0.883. The van der Waals surface area contributed by atoms with E-state index >= 15 is 0 Å². The Morgan fingerprint density at radius 3 is 2.04 bits per heavy atom. The molecule has 3 rings (SSSR count). The molecule has 2 aromatic rings. The summed E-state index contributed by atoms with van der Waals surface area (Å²) in [5.41, 5.74) is 2.42. The topological polar surface area (TPSA) is 81.7 Å². The van der Waals surface area contributed by atoms with Crippen LogP contribution in [0.25, 0.3) is 0 Å². The summed E-state index contributed by atoms with van der Waals surface area (Å²) in [5.74, 6) is 0.366. The number of carbonyl (C=O) groups excluding carboxylic acids is 2. The molecule has 0 saturated carbocycles. The summed E-state index contributed by atoms with van der Waals surface area (Å²) in [5, 5.41) is 3.12. The van der Waals surface area contributed by atoms with Gasteiger partial charge in [-0.05, 0) is 24.3 Å². The van der Waals surface area contributed by atoms with Crippen molar-refractivity contribution in [3.63, 3.8) is 0 Å². The summed E-state index contributed by atoms with van der Waals surface area (Å²) >= 11 is 0. The Bertz CT molecular complexity index is 796. The molecule has 1 saturated heterocycles. The number of amides is 2. The molecule has 0 radical (unpaired) electrons. The van der Waals surface area contributed by atoms with E-state index < -0.39 is 0 Å². The molecule has 1 N–H and O–H groups in total. The van der Waals surface area contributed by atoms with Gasteiger partial charge >= 0.3 is 0 Å². The molecule has 8 heteroatoms. The van der Waals surface area contributed by atoms with Crippen LogP contribution in [0.2, 0.25) is 0 Å². The Labute approximate surface area is 158 Å². The molecule has 2 amide bonds. The lowest BCUT2D eigenvalue weighted by Crippen LogP contribution is -2.50. The zero-order valence-corrected chi connectivity index (χ0v) is 15.8. The van der Waals surface area contributed by atoms with Crippen LogP contribution in [0.15, 0.2) is 36.7 Å². The number of hydrogen-bond donors (Lipinski definition) is 1. The molecule has 1 fully saturated rings. The van der Waals surface area contributed by atoms with E-state index in [9.17, 15) is 9.59 Å². The second-order valence-electron chi connectivity index (χ2n) is 6.66. The fourth-order valence-corrected chi connectivity index (χ4v) is 2.88. The maximum atomic E-state index is 12.6. The SMILES string of the molecule is CC(=O)N1CCN(C(=O)c2cnc(Nc3ccc(N(C)C)cc3)nc2)CC1. The lowest BCUT2D eigenvalue weighted by atomic mass is 10.2. The molecule has 2 heterocycles. The van der Waals surface area contributed by atoms with E-state index in [2.05, 4.69) is 15.3 Å². The summed E-state index contributed by atoms with van der Waals surface area (Å²) in [7, 11) is 3.97. The normalized spacial score (nSPS) is 14.0. The first-order valence-corrected chi connectivity index (χ1v) is 8.85. The van der Waals surface area contributed by atoms with Crippen LogP contribution in [0, 0.1) is 0 Å². The van der Waals surface area contributed by atoms with Crippen LogP contribution in [-0.2, 0) is 4.79 Å². The number of benzene rings is 1. The number of rotatable bonds is 4. The van der Waals surface area contributed by atoms with Gasteiger partial charge in [0, 0.05) is 71.0 Å². The minimum absolute atomic E-state index is 0.0412. The van der Waals surface area contributed by atoms with E-state index in [0.717, 1.165) is 11.4 Å². The molecule has 8 nitrogen and oxygen atoms in total. The fraction of sp³-hybridized carbons (Fsp3) is 0.368. The van der Waals surface area contributed by atoms with Gasteiger partial charge in [0.2, 0.25) is 11.9 Å². The molecule has 0 unspecified atom stereocenters. The highest BCUT2D eigenvalue weighted by Crippen LogP contribution is 2.18. The van der Waals surface area contributed by atoms with Crippen LogP contribution in [0.1, 0.15) is 17.3 Å². The van der Waals surface area contributed by atoms with Crippen molar-refractivity contribution in [2.45, 2.75) is 6.92 Å². The predicted octanol–water partition coefficient (Wildman–Crippen LogP) is 1.59. The number of nitrogens with one attached hydrogen (secondary N) is 1. The molecule has 1 aromatic heterocycles. The summed E-state index contributed by atoms with van der Waals surface area (Å²) < 4.78 is 0. The first kappa shape index (κ1) is 18.6. The smallest absolute Gasteiger partial charge is 0.257 e. The van der Waals surface area contributed by atoms with Gasteiger partial charge in [-0.25, -0.2) is 9.97 Å². The molecular formula is C19H24N6O2. The Hall–Kier alpha value is -3.16. The average molecular weight is 368 g/mol. The largest absolute Gasteiger partial charge is 0.378 e. The highest BCUT2D eigenvalue weighted by atomic mass is 16.2. The first-order valence-electron chi connectivity index (χ1n) is 8.85. The molecule has 0 aliphatic carbocycles. The van der Waals surface area contributed by atoms with Crippen molar-refractivity contribution in [1.29, 1.82) is 0 Å². The fourth-order valence-electron chi connectivity index (χ4n) is 2.88. The third-order valence-electron chi connectivity index (χ3n) is 4.55. The molecule has 0 spiro atoms. The van der Waals surface area contributed by atoms with Gasteiger partial charge in [-0.15, -0.1) is 0 Å². The second kappa shape index (κ2) is 8.03. The number of aromatic nitrogens is 2. The molecule has 0 atom stereocenters. The van der Waals surface area contributed by atoms with Crippen LogP contribution in [0.5, 0.6) is 0 Å². The predicted molar refractivity (Wildman–Crippen MR) is 104 cm³/mol. The van der Waals surface area contributed by atoms with Crippen LogP contribution in [0.3, 0.4) is 0 Å². The van der Waals surface area contributed by atoms with Crippen LogP contribution < -0.4 is 10.2 Å². The van der Waals surface area contributed by atoms with Crippen LogP contribution >= 0.6 is 0 Å². The molecular weight excluding hydrogens is 344 g/mol. The molecule has 0 bridgehead atoms. The van der Waals surface area contributed by atoms with E-state index in [0.29, 0.717) is 37.7 Å². The molecule has 1 aliphatic heterocycles. The van der Waals surface area contributed by atoms with Gasteiger partial charge in [-0.3, -0.25) is 9.59 Å². The molecule has 27 heavy (non-hydrogen) atoms. The van der Waals surface area contributed by atoms with Gasteiger partial charge < -0.3 is 20.0 Å². The van der Waals surface area contributed by atoms with Gasteiger partial charge in [0.25, 0.3) is 5.91 Å². The Kier molecular flexibility index (Phi) is 5.54. The number of piperazine rings is 1. The highest BCUT2D eigenvalue weighted by molar-refractivity contribution is 5.94. The Balaban J connectivity index is 1.60. The van der Waals surface area contributed by atoms with Crippen molar-refractivity contribution in [2.24, 2.45) is 0 Å². The molecule has 1 aromatic carbocycles. The number of hydrogen-bond acceptors (Lipinski definition) is 6. The third kappa shape index (κ3) is 4.52. The van der Waals surface area contributed by atoms with Crippen molar-refractivity contribution in [1.82, 2.24) is 19.8 Å². The Morgan fingerprint density at radius 2 is 1.52 bits per heavy atom. The van der Waals surface area contributed by atoms with Gasteiger partial charge in [-0.2, -0.15) is 0 Å². The number of carbonyl (C=O) groups is 2. The summed E-state index contributed by atoms with van der Waals surface area (Å²) in [6, 6.07) is 7.90. The van der Waals surface area contributed by atoms with Crippen molar-refractivity contribution in [3.05, 3.63) is 42.2 Å². The first-order chi connectivity index (χ1) is 12.9. The zero-order valence-electron chi connectivity index (χ0n) is 15.8. The van der Waals surface area contributed by atoms with E-state index in [-0.39, 0.29) is 11.8 Å². The summed E-state index contributed by atoms with van der Waals surface area (Å²) in [6.45, 7) is 3.72. The highest BCUT2D eigenvalue weighted by Gasteiger charge is 2.23. The standard InChI is InChI=1S/C19H24N6O2/c1-14(26)24-8-10-25(11-9-24)18(27)15-12-20-19(21-13-15)22-16-4-6-17(7-5-16)23(2)3/h4-7,12-13H,8-11H2,1-3H3,(H,20,21,22). The maximum absolute atomic E-state index is 12.6. The zero-order chi connectivity index (χ0) is 19.4. The van der Waals surface area contributed by atoms with Crippen LogP contribution in [-0.4, -0.2) is 71.9 Å². The number of anilines is 3. The van der Waals surface area contributed by atoms with Gasteiger partial charge in [0.15, 0.2) is 0 Å². The van der Waals surface area contributed by atoms with Gasteiger partial charge in [0.05, 0.1) is 5.56 Å². The lowest BCUT2D eigenvalue weighted by molar-refractivity contribution is -0.130. The van der Waals surface area contributed by atoms with Crippen molar-refractivity contribution < 1.29 is 9.59 Å². The summed E-state index contributed by atoms with van der Waals surface area (Å²) in [6.07, 6.45) is 3.06. The Morgan fingerprint density at radius 1 is 0.963 bits per heavy atom. The number of nitrogens with zero attached hydrogens (tertiary/aromatic N) is 5. The lowest BCUT2D eigenvalue weighted by Gasteiger charge is -2.34. The van der Waals surface area contributed by atoms with E-state index in [4.69, 9.17) is 0 Å².